The van der Waals surface area contributed by atoms with E-state index in [4.69, 9.17) is 0 Å². The second kappa shape index (κ2) is 11.5. The summed E-state index contributed by atoms with van der Waals surface area (Å²) in [4.78, 5) is 23.4. The second-order valence-electron chi connectivity index (χ2n) is 12.7. The minimum Gasteiger partial charge on any atom is -0.480 e. The monoisotopic (exact) mass is 576 g/mol. The number of anilines is 1. The van der Waals surface area contributed by atoms with Crippen molar-refractivity contribution in [2.75, 3.05) is 18.4 Å². The smallest absolute Gasteiger partial charge is 0.369 e. The van der Waals surface area contributed by atoms with Gasteiger partial charge in [-0.25, -0.2) is 9.37 Å². The second-order valence-corrected chi connectivity index (χ2v) is 12.7. The van der Waals surface area contributed by atoms with Crippen LogP contribution in [0, 0.1) is 28.6 Å². The Kier molecular flexibility index (Phi) is 7.98. The van der Waals surface area contributed by atoms with Crippen molar-refractivity contribution in [2.24, 2.45) is 17.3 Å². The lowest BCUT2D eigenvalue weighted by Gasteiger charge is -2.37. The van der Waals surface area contributed by atoms with Crippen LogP contribution < -0.4 is 5.32 Å². The molecule has 0 aromatic heterocycles. The van der Waals surface area contributed by atoms with E-state index in [2.05, 4.69) is 55.6 Å². The normalized spacial score (nSPS) is 22.7. The maximum Gasteiger partial charge on any atom is 0.369 e. The first-order valence-corrected chi connectivity index (χ1v) is 14.6. The average molecular weight is 577 g/mol. The van der Waals surface area contributed by atoms with E-state index < -0.39 is 17.4 Å². The van der Waals surface area contributed by atoms with Crippen molar-refractivity contribution in [1.82, 2.24) is 0 Å². The van der Waals surface area contributed by atoms with E-state index in [9.17, 15) is 25.1 Å². The van der Waals surface area contributed by atoms with E-state index in [1.165, 1.54) is 5.57 Å². The predicted molar refractivity (Wildman–Crippen MR) is 169 cm³/mol. The number of hydrogen-bond donors (Lipinski definition) is 3. The number of benzene rings is 2. The molecule has 1 aliphatic heterocycles. The van der Waals surface area contributed by atoms with Crippen molar-refractivity contribution in [2.45, 2.75) is 45.6 Å². The molecular weight excluding hydrogens is 538 g/mol. The first kappa shape index (κ1) is 29.8. The highest BCUT2D eigenvalue weighted by Gasteiger charge is 2.58. The molecule has 220 valence electrons. The standard InChI is InChI=1S/C36H37N3O4/c1-35(2,33-26-11-7-5-9-24(26)13-15-28(33)38-21-31(40)41)18-17-23(20-37)19-30-36(3,4)34-27-12-8-6-10-25(27)14-16-29(34)39(30)22-32(42)43/h5-11,13-19,27,29,34,38H,12,21-22H2,1-4H3,(H-,40,41,42,43)/p+1/b18-17+,23-19-. The third-order valence-corrected chi connectivity index (χ3v) is 9.10. The lowest BCUT2D eigenvalue weighted by molar-refractivity contribution is -0.544. The summed E-state index contributed by atoms with van der Waals surface area (Å²) in [5.41, 5.74) is 3.23. The number of carboxylic acids is 2. The third kappa shape index (κ3) is 5.70. The molecule has 3 aliphatic rings. The van der Waals surface area contributed by atoms with E-state index in [1.807, 2.05) is 67.0 Å². The predicted octanol–water partition coefficient (Wildman–Crippen LogP) is 6.26. The van der Waals surface area contributed by atoms with Crippen LogP contribution in [0.1, 0.15) is 39.7 Å². The first-order chi connectivity index (χ1) is 20.4. The van der Waals surface area contributed by atoms with Gasteiger partial charge in [0, 0.05) is 23.1 Å². The number of aliphatic carboxylic acids is 2. The van der Waals surface area contributed by atoms with Crippen LogP contribution in [0.2, 0.25) is 0 Å². The Balaban J connectivity index is 1.56. The first-order valence-electron chi connectivity index (χ1n) is 14.6. The van der Waals surface area contributed by atoms with E-state index in [-0.39, 0.29) is 36.4 Å². The molecule has 0 radical (unpaired) electrons. The van der Waals surface area contributed by atoms with Gasteiger partial charge in [-0.3, -0.25) is 4.79 Å². The molecule has 2 aliphatic carbocycles. The van der Waals surface area contributed by atoms with Gasteiger partial charge in [0.25, 0.3) is 0 Å². The molecule has 0 fully saturated rings. The number of allylic oxidation sites excluding steroid dienone is 9. The summed E-state index contributed by atoms with van der Waals surface area (Å²) in [5.74, 6) is -1.42. The van der Waals surface area contributed by atoms with Crippen LogP contribution in [0.4, 0.5) is 5.69 Å². The lowest BCUT2D eigenvalue weighted by Crippen LogP contribution is -2.40. The molecule has 0 amide bonds. The summed E-state index contributed by atoms with van der Waals surface area (Å²) in [6, 6.07) is 14.1. The third-order valence-electron chi connectivity index (χ3n) is 9.10. The zero-order chi connectivity index (χ0) is 30.9. The number of hydrogen-bond acceptors (Lipinski definition) is 4. The van der Waals surface area contributed by atoms with Crippen LogP contribution in [0.5, 0.6) is 0 Å². The molecule has 5 rings (SSSR count). The van der Waals surface area contributed by atoms with Gasteiger partial charge in [0.2, 0.25) is 6.54 Å². The van der Waals surface area contributed by atoms with Crippen molar-refractivity contribution in [1.29, 1.82) is 5.26 Å². The van der Waals surface area contributed by atoms with Gasteiger partial charge in [0.05, 0.1) is 17.1 Å². The van der Waals surface area contributed by atoms with Crippen LogP contribution in [0.15, 0.2) is 96.2 Å². The largest absolute Gasteiger partial charge is 0.480 e. The molecule has 2 aromatic rings. The Hall–Kier alpha value is -4.70. The molecule has 0 saturated heterocycles. The van der Waals surface area contributed by atoms with E-state index in [0.717, 1.165) is 34.2 Å². The average Bonchev–Trinajstić information content (AvgIpc) is 3.18. The van der Waals surface area contributed by atoms with Gasteiger partial charge in [-0.15, -0.1) is 0 Å². The van der Waals surface area contributed by atoms with Gasteiger partial charge < -0.3 is 15.5 Å². The van der Waals surface area contributed by atoms with Gasteiger partial charge in [-0.1, -0.05) is 74.6 Å². The zero-order valence-corrected chi connectivity index (χ0v) is 25.0. The van der Waals surface area contributed by atoms with E-state index >= 15 is 0 Å². The van der Waals surface area contributed by atoms with E-state index in [1.54, 1.807) is 6.08 Å². The van der Waals surface area contributed by atoms with Gasteiger partial charge >= 0.3 is 11.9 Å². The summed E-state index contributed by atoms with van der Waals surface area (Å²) in [5, 5.41) is 34.5. The molecule has 0 saturated carbocycles. The molecule has 2 aromatic carbocycles. The van der Waals surface area contributed by atoms with E-state index in [0.29, 0.717) is 5.57 Å². The highest BCUT2D eigenvalue weighted by Crippen LogP contribution is 2.50. The maximum atomic E-state index is 12.0. The Morgan fingerprint density at radius 2 is 1.93 bits per heavy atom. The van der Waals surface area contributed by atoms with Crippen molar-refractivity contribution >= 4 is 34.1 Å². The fourth-order valence-electron chi connectivity index (χ4n) is 7.23. The molecule has 3 N–H and O–H groups in total. The summed E-state index contributed by atoms with van der Waals surface area (Å²) in [7, 11) is 0. The quantitative estimate of drug-likeness (QED) is 0.185. The minimum absolute atomic E-state index is 0.0788. The minimum atomic E-state index is -0.952. The fraction of sp³-hybridized carbons (Fsp3) is 0.333. The Morgan fingerprint density at radius 1 is 1.16 bits per heavy atom. The number of nitrogens with zero attached hydrogens (tertiary/aromatic N) is 2. The molecule has 3 unspecified atom stereocenters. The molecule has 7 nitrogen and oxygen atoms in total. The SMILES string of the molecule is CC(C)(/C=C/C(C#N)=C/C1=[N+](CC(=O)O)C2C=CC3=CC=CCC3C2C1(C)C)c1c(NCC(=O)O)ccc2ccccc12. The number of carboxylic acid groups (broad SMARTS) is 2. The number of rotatable bonds is 9. The van der Waals surface area contributed by atoms with Crippen LogP contribution >= 0.6 is 0 Å². The van der Waals surface area contributed by atoms with Crippen LogP contribution in [0.25, 0.3) is 10.8 Å². The highest BCUT2D eigenvalue weighted by molar-refractivity contribution is 5.99. The summed E-state index contributed by atoms with van der Waals surface area (Å²) in [6.45, 7) is 8.04. The van der Waals surface area contributed by atoms with Crippen LogP contribution in [-0.2, 0) is 15.0 Å². The lowest BCUT2D eigenvalue weighted by atomic mass is 9.62. The van der Waals surface area contributed by atoms with Gasteiger partial charge in [-0.2, -0.15) is 5.26 Å². The number of nitriles is 1. The number of fused-ring (bicyclic) bond motifs is 4. The maximum absolute atomic E-state index is 12.0. The topological polar surface area (TPSA) is 113 Å². The van der Waals surface area contributed by atoms with Crippen molar-refractivity contribution in [3.8, 4) is 6.07 Å². The molecule has 1 heterocycles. The highest BCUT2D eigenvalue weighted by atomic mass is 16.4. The van der Waals surface area contributed by atoms with Crippen molar-refractivity contribution in [3.05, 3.63) is 102 Å². The number of carbonyl (C=O) groups is 2. The summed E-state index contributed by atoms with van der Waals surface area (Å²) >= 11 is 0. The number of nitrogens with one attached hydrogen (secondary N) is 1. The Morgan fingerprint density at radius 3 is 2.65 bits per heavy atom. The molecule has 43 heavy (non-hydrogen) atoms. The van der Waals surface area contributed by atoms with Gasteiger partial charge in [0.1, 0.15) is 6.54 Å². The summed E-state index contributed by atoms with van der Waals surface area (Å²) < 4.78 is 1.95. The van der Waals surface area contributed by atoms with Gasteiger partial charge in [0.15, 0.2) is 11.8 Å². The van der Waals surface area contributed by atoms with Gasteiger partial charge in [-0.05, 0) is 66.3 Å². The molecular formula is C36H38N3O4+. The van der Waals surface area contributed by atoms with Crippen LogP contribution in [-0.4, -0.2) is 51.6 Å². The Bertz CT molecular complexity index is 1710. The van der Waals surface area contributed by atoms with Crippen molar-refractivity contribution < 1.29 is 24.4 Å². The van der Waals surface area contributed by atoms with Crippen molar-refractivity contribution in [3.63, 3.8) is 0 Å². The fourth-order valence-corrected chi connectivity index (χ4v) is 7.23. The van der Waals surface area contributed by atoms with Crippen LogP contribution in [0.3, 0.4) is 0 Å². The summed E-state index contributed by atoms with van der Waals surface area (Å²) in [6.07, 6.45) is 17.2. The molecule has 0 spiro atoms. The Labute approximate surface area is 252 Å². The zero-order valence-electron chi connectivity index (χ0n) is 25.0. The molecule has 3 atom stereocenters. The molecule has 0 bridgehead atoms. The molecule has 7 heteroatoms.